The fraction of sp³-hybridized carbons (Fsp3) is 0.818. The number of nitrogens with two attached hydrogens (primary N) is 1. The first-order valence-corrected chi connectivity index (χ1v) is 5.82. The van der Waals surface area contributed by atoms with Crippen molar-refractivity contribution < 1.29 is 14.7 Å². The Balaban J connectivity index is 2.78. The summed E-state index contributed by atoms with van der Waals surface area (Å²) in [6.07, 6.45) is 2.09. The Bertz CT molecular complexity index is 324. The summed E-state index contributed by atoms with van der Waals surface area (Å²) in [5, 5.41) is 14.5. The van der Waals surface area contributed by atoms with E-state index < -0.39 is 11.1 Å². The van der Waals surface area contributed by atoms with E-state index in [2.05, 4.69) is 10.5 Å². The van der Waals surface area contributed by atoms with Gasteiger partial charge in [-0.25, -0.2) is 0 Å². The number of nitrogens with zero attached hydrogens (tertiary/aromatic N) is 1. The summed E-state index contributed by atoms with van der Waals surface area (Å²) >= 11 is 0. The molecular formula is C11H21N3O3. The minimum atomic E-state index is -0.846. The van der Waals surface area contributed by atoms with Crippen molar-refractivity contribution in [1.82, 2.24) is 5.32 Å². The average Bonchev–Trinajstić information content (AvgIpc) is 2.76. The van der Waals surface area contributed by atoms with Crippen molar-refractivity contribution in [2.24, 2.45) is 10.9 Å². The van der Waals surface area contributed by atoms with Crippen LogP contribution in [0.3, 0.4) is 0 Å². The Hall–Kier alpha value is -1.30. The van der Waals surface area contributed by atoms with Crippen LogP contribution in [-0.2, 0) is 9.53 Å². The van der Waals surface area contributed by atoms with E-state index in [4.69, 9.17) is 15.7 Å². The maximum absolute atomic E-state index is 12.1. The molecule has 4 N–H and O–H groups in total. The van der Waals surface area contributed by atoms with Gasteiger partial charge < -0.3 is 21.0 Å². The minimum absolute atomic E-state index is 0.00468. The molecule has 0 saturated carbocycles. The Morgan fingerprint density at radius 1 is 1.71 bits per heavy atom. The zero-order chi connectivity index (χ0) is 13.1. The van der Waals surface area contributed by atoms with Crippen LogP contribution in [0.4, 0.5) is 0 Å². The molecule has 0 bridgehead atoms. The first-order valence-electron chi connectivity index (χ1n) is 5.82. The Morgan fingerprint density at radius 2 is 2.35 bits per heavy atom. The van der Waals surface area contributed by atoms with Gasteiger partial charge in [-0.3, -0.25) is 4.79 Å². The van der Waals surface area contributed by atoms with Crippen LogP contribution in [0.15, 0.2) is 5.16 Å². The molecule has 2 unspecified atom stereocenters. The first-order chi connectivity index (χ1) is 7.88. The predicted molar refractivity (Wildman–Crippen MR) is 63.8 cm³/mol. The predicted octanol–water partition coefficient (Wildman–Crippen LogP) is 0.587. The van der Waals surface area contributed by atoms with Crippen molar-refractivity contribution in [2.45, 2.75) is 51.2 Å². The number of amidine groups is 1. The summed E-state index contributed by atoms with van der Waals surface area (Å²) in [6, 6.07) is 0. The molecule has 1 fully saturated rings. The van der Waals surface area contributed by atoms with Crippen LogP contribution < -0.4 is 11.1 Å². The lowest BCUT2D eigenvalue weighted by Gasteiger charge is -2.32. The monoisotopic (exact) mass is 243 g/mol. The third-order valence-electron chi connectivity index (χ3n) is 3.47. The van der Waals surface area contributed by atoms with Crippen LogP contribution in [0.5, 0.6) is 0 Å². The standard InChI is InChI=1S/C11H21N3O3/c1-4-10(2,8(12)14-16)13-9(15)11(3)6-5-7-17-11/h16H,4-7H2,1-3H3,(H2,12,14)(H,13,15). The highest BCUT2D eigenvalue weighted by Gasteiger charge is 2.41. The van der Waals surface area contributed by atoms with E-state index >= 15 is 0 Å². The smallest absolute Gasteiger partial charge is 0.252 e. The number of nitrogens with one attached hydrogen (secondary N) is 1. The molecule has 1 saturated heterocycles. The van der Waals surface area contributed by atoms with Gasteiger partial charge in [-0.1, -0.05) is 12.1 Å². The second-order valence-electron chi connectivity index (χ2n) is 4.81. The molecule has 1 aliphatic heterocycles. The normalized spacial score (nSPS) is 28.8. The SMILES string of the molecule is CCC(C)(NC(=O)C1(C)CCCO1)C(N)=NO. The van der Waals surface area contributed by atoms with Crippen LogP contribution in [0, 0.1) is 0 Å². The average molecular weight is 243 g/mol. The van der Waals surface area contributed by atoms with E-state index in [0.29, 0.717) is 19.4 Å². The number of hydrogen-bond acceptors (Lipinski definition) is 4. The van der Waals surface area contributed by atoms with Gasteiger partial charge in [0.05, 0.1) is 5.54 Å². The number of carbonyl (C=O) groups excluding carboxylic acids is 1. The van der Waals surface area contributed by atoms with Gasteiger partial charge >= 0.3 is 0 Å². The van der Waals surface area contributed by atoms with Crippen LogP contribution in [0.1, 0.15) is 40.0 Å². The molecule has 0 radical (unpaired) electrons. The van der Waals surface area contributed by atoms with Crippen molar-refractivity contribution in [3.8, 4) is 0 Å². The summed E-state index contributed by atoms with van der Waals surface area (Å²) in [6.45, 7) is 5.93. The lowest BCUT2D eigenvalue weighted by molar-refractivity contribution is -0.140. The highest BCUT2D eigenvalue weighted by molar-refractivity contribution is 5.95. The van der Waals surface area contributed by atoms with Crippen molar-refractivity contribution in [3.63, 3.8) is 0 Å². The van der Waals surface area contributed by atoms with Gasteiger partial charge in [-0.05, 0) is 33.1 Å². The van der Waals surface area contributed by atoms with Crippen LogP contribution in [-0.4, -0.2) is 34.7 Å². The van der Waals surface area contributed by atoms with Gasteiger partial charge in [0.2, 0.25) is 0 Å². The number of amides is 1. The minimum Gasteiger partial charge on any atom is -0.409 e. The van der Waals surface area contributed by atoms with Crippen molar-refractivity contribution >= 4 is 11.7 Å². The zero-order valence-electron chi connectivity index (χ0n) is 10.6. The zero-order valence-corrected chi connectivity index (χ0v) is 10.6. The molecule has 1 aliphatic rings. The van der Waals surface area contributed by atoms with Crippen LogP contribution in [0.2, 0.25) is 0 Å². The number of hydrogen-bond donors (Lipinski definition) is 3. The van der Waals surface area contributed by atoms with Gasteiger partial charge in [-0.2, -0.15) is 0 Å². The molecule has 0 aromatic heterocycles. The summed E-state index contributed by atoms with van der Waals surface area (Å²) in [5.74, 6) is -0.221. The summed E-state index contributed by atoms with van der Waals surface area (Å²) in [5.41, 5.74) is 3.95. The molecular weight excluding hydrogens is 222 g/mol. The maximum Gasteiger partial charge on any atom is 0.252 e. The molecule has 6 heteroatoms. The highest BCUT2D eigenvalue weighted by atomic mass is 16.5. The first kappa shape index (κ1) is 13.8. The van der Waals surface area contributed by atoms with E-state index in [1.54, 1.807) is 13.8 Å². The molecule has 0 aliphatic carbocycles. The Morgan fingerprint density at radius 3 is 2.76 bits per heavy atom. The second kappa shape index (κ2) is 4.91. The number of oxime groups is 1. The largest absolute Gasteiger partial charge is 0.409 e. The highest BCUT2D eigenvalue weighted by Crippen LogP contribution is 2.26. The quantitative estimate of drug-likeness (QED) is 0.291. The van der Waals surface area contributed by atoms with E-state index in [-0.39, 0.29) is 11.7 Å². The van der Waals surface area contributed by atoms with Gasteiger partial charge in [0.1, 0.15) is 5.60 Å². The van der Waals surface area contributed by atoms with Crippen molar-refractivity contribution in [1.29, 1.82) is 0 Å². The van der Waals surface area contributed by atoms with E-state index in [0.717, 1.165) is 6.42 Å². The number of ether oxygens (including phenoxy) is 1. The molecule has 6 nitrogen and oxygen atoms in total. The van der Waals surface area contributed by atoms with Crippen LogP contribution >= 0.6 is 0 Å². The van der Waals surface area contributed by atoms with Crippen LogP contribution in [0.25, 0.3) is 0 Å². The molecule has 0 aromatic rings. The number of rotatable bonds is 4. The van der Waals surface area contributed by atoms with Gasteiger partial charge in [0.25, 0.3) is 5.91 Å². The molecule has 17 heavy (non-hydrogen) atoms. The molecule has 0 aromatic carbocycles. The van der Waals surface area contributed by atoms with Gasteiger partial charge in [0.15, 0.2) is 5.84 Å². The lowest BCUT2D eigenvalue weighted by atomic mass is 9.94. The van der Waals surface area contributed by atoms with Gasteiger partial charge in [-0.15, -0.1) is 0 Å². The summed E-state index contributed by atoms with van der Waals surface area (Å²) in [7, 11) is 0. The Labute approximate surface area is 101 Å². The maximum atomic E-state index is 12.1. The molecule has 1 amide bonds. The molecule has 2 atom stereocenters. The fourth-order valence-corrected chi connectivity index (χ4v) is 1.78. The lowest BCUT2D eigenvalue weighted by Crippen LogP contribution is -2.59. The topological polar surface area (TPSA) is 96.9 Å². The Kier molecular flexibility index (Phi) is 3.98. The third-order valence-corrected chi connectivity index (χ3v) is 3.47. The molecule has 1 rings (SSSR count). The molecule has 98 valence electrons. The number of carbonyl (C=O) groups is 1. The van der Waals surface area contributed by atoms with Gasteiger partial charge in [0, 0.05) is 6.61 Å². The van der Waals surface area contributed by atoms with Crippen molar-refractivity contribution in [3.05, 3.63) is 0 Å². The second-order valence-corrected chi connectivity index (χ2v) is 4.81. The van der Waals surface area contributed by atoms with E-state index in [1.807, 2.05) is 6.92 Å². The van der Waals surface area contributed by atoms with E-state index in [9.17, 15) is 4.79 Å². The fourth-order valence-electron chi connectivity index (χ4n) is 1.78. The third kappa shape index (κ3) is 2.69. The molecule has 1 heterocycles. The molecule has 0 spiro atoms. The summed E-state index contributed by atoms with van der Waals surface area (Å²) < 4.78 is 5.45. The van der Waals surface area contributed by atoms with Crippen molar-refractivity contribution in [2.75, 3.05) is 6.61 Å². The van der Waals surface area contributed by atoms with E-state index in [1.165, 1.54) is 0 Å². The summed E-state index contributed by atoms with van der Waals surface area (Å²) in [4.78, 5) is 12.1.